The van der Waals surface area contributed by atoms with Crippen molar-refractivity contribution in [2.75, 3.05) is 0 Å². The van der Waals surface area contributed by atoms with Crippen molar-refractivity contribution in [1.29, 1.82) is 5.26 Å². The second-order valence-electron chi connectivity index (χ2n) is 6.46. The van der Waals surface area contributed by atoms with E-state index in [9.17, 15) is 8.78 Å². The molecule has 0 heterocycles. The van der Waals surface area contributed by atoms with Gasteiger partial charge < -0.3 is 0 Å². The summed E-state index contributed by atoms with van der Waals surface area (Å²) in [6, 6.07) is 15.2. The first kappa shape index (κ1) is 18.6. The van der Waals surface area contributed by atoms with Crippen LogP contribution in [0.2, 0.25) is 0 Å². The summed E-state index contributed by atoms with van der Waals surface area (Å²) >= 11 is 0. The molecular formula is C24H19F2N. The van der Waals surface area contributed by atoms with Gasteiger partial charge in [-0.25, -0.2) is 8.78 Å². The van der Waals surface area contributed by atoms with Crippen LogP contribution in [-0.2, 0) is 6.42 Å². The first-order valence-corrected chi connectivity index (χ1v) is 9.05. The van der Waals surface area contributed by atoms with Crippen LogP contribution in [-0.4, -0.2) is 0 Å². The summed E-state index contributed by atoms with van der Waals surface area (Å²) in [4.78, 5) is 0. The molecule has 0 aliphatic carbocycles. The van der Waals surface area contributed by atoms with E-state index in [1.165, 1.54) is 6.07 Å². The Balaban J connectivity index is 1.92. The third-order valence-corrected chi connectivity index (χ3v) is 4.55. The molecule has 27 heavy (non-hydrogen) atoms. The van der Waals surface area contributed by atoms with Gasteiger partial charge in [-0.1, -0.05) is 55.9 Å². The Morgan fingerprint density at radius 3 is 2.37 bits per heavy atom. The van der Waals surface area contributed by atoms with Gasteiger partial charge >= 0.3 is 0 Å². The van der Waals surface area contributed by atoms with Crippen molar-refractivity contribution in [2.45, 2.75) is 32.6 Å². The SMILES string of the molecule is CCCCCc1ccc(C#Cc2cccc3c(F)c(C#N)ccc23)c(F)c1. The minimum atomic E-state index is -0.554. The Kier molecular flexibility index (Phi) is 5.84. The first-order chi connectivity index (χ1) is 13.1. The fraction of sp³-hybridized carbons (Fsp3) is 0.208. The van der Waals surface area contributed by atoms with E-state index in [0.29, 0.717) is 21.9 Å². The number of nitriles is 1. The van der Waals surface area contributed by atoms with E-state index >= 15 is 0 Å². The van der Waals surface area contributed by atoms with Gasteiger partial charge in [0, 0.05) is 16.3 Å². The van der Waals surface area contributed by atoms with Crippen molar-refractivity contribution < 1.29 is 8.78 Å². The van der Waals surface area contributed by atoms with Gasteiger partial charge in [-0.3, -0.25) is 0 Å². The third kappa shape index (κ3) is 4.15. The lowest BCUT2D eigenvalue weighted by molar-refractivity contribution is 0.619. The maximum Gasteiger partial charge on any atom is 0.148 e. The van der Waals surface area contributed by atoms with Crippen molar-refractivity contribution in [2.24, 2.45) is 0 Å². The van der Waals surface area contributed by atoms with Crippen molar-refractivity contribution in [3.8, 4) is 17.9 Å². The van der Waals surface area contributed by atoms with Crippen LogP contribution in [0.3, 0.4) is 0 Å². The zero-order chi connectivity index (χ0) is 19.2. The summed E-state index contributed by atoms with van der Waals surface area (Å²) in [5.74, 6) is 4.90. The van der Waals surface area contributed by atoms with Gasteiger partial charge in [-0.2, -0.15) is 5.26 Å². The lowest BCUT2D eigenvalue weighted by Gasteiger charge is -2.04. The highest BCUT2D eigenvalue weighted by atomic mass is 19.1. The fourth-order valence-electron chi connectivity index (χ4n) is 3.05. The molecule has 0 saturated carbocycles. The number of fused-ring (bicyclic) bond motifs is 1. The Hall–Kier alpha value is -3.17. The molecule has 3 aromatic carbocycles. The highest BCUT2D eigenvalue weighted by Gasteiger charge is 2.08. The number of unbranched alkanes of at least 4 members (excludes halogenated alkanes) is 2. The van der Waals surface area contributed by atoms with Gasteiger partial charge in [-0.15, -0.1) is 0 Å². The van der Waals surface area contributed by atoms with Gasteiger partial charge in [0.1, 0.15) is 17.7 Å². The van der Waals surface area contributed by atoms with Gasteiger partial charge in [0.2, 0.25) is 0 Å². The molecule has 0 atom stereocenters. The van der Waals surface area contributed by atoms with E-state index in [2.05, 4.69) is 18.8 Å². The number of rotatable bonds is 4. The summed E-state index contributed by atoms with van der Waals surface area (Å²) in [7, 11) is 0. The molecule has 0 bridgehead atoms. The van der Waals surface area contributed by atoms with Crippen LogP contribution in [0.5, 0.6) is 0 Å². The summed E-state index contributed by atoms with van der Waals surface area (Å²) in [5.41, 5.74) is 1.89. The van der Waals surface area contributed by atoms with Crippen LogP contribution in [0.15, 0.2) is 48.5 Å². The van der Waals surface area contributed by atoms with Crippen LogP contribution in [0.1, 0.15) is 48.4 Å². The average Bonchev–Trinajstić information content (AvgIpc) is 2.68. The Morgan fingerprint density at radius 1 is 0.852 bits per heavy atom. The lowest BCUT2D eigenvalue weighted by atomic mass is 10.0. The van der Waals surface area contributed by atoms with Crippen molar-refractivity contribution in [3.63, 3.8) is 0 Å². The third-order valence-electron chi connectivity index (χ3n) is 4.55. The molecule has 0 fully saturated rings. The molecule has 3 heteroatoms. The second-order valence-corrected chi connectivity index (χ2v) is 6.46. The number of halogens is 2. The van der Waals surface area contributed by atoms with E-state index in [1.54, 1.807) is 36.4 Å². The quantitative estimate of drug-likeness (QED) is 0.406. The van der Waals surface area contributed by atoms with E-state index in [0.717, 1.165) is 31.2 Å². The maximum absolute atomic E-state index is 14.3. The van der Waals surface area contributed by atoms with Crippen molar-refractivity contribution in [3.05, 3.63) is 82.4 Å². The number of nitrogens with zero attached hydrogens (tertiary/aromatic N) is 1. The number of benzene rings is 3. The molecule has 3 rings (SSSR count). The van der Waals surface area contributed by atoms with Crippen molar-refractivity contribution in [1.82, 2.24) is 0 Å². The normalized spacial score (nSPS) is 10.3. The molecule has 0 aliphatic heterocycles. The molecule has 1 nitrogen and oxygen atoms in total. The Morgan fingerprint density at radius 2 is 1.63 bits per heavy atom. The highest BCUT2D eigenvalue weighted by molar-refractivity contribution is 5.90. The maximum atomic E-state index is 14.3. The van der Waals surface area contributed by atoms with E-state index < -0.39 is 5.82 Å². The highest BCUT2D eigenvalue weighted by Crippen LogP contribution is 2.24. The molecule has 3 aromatic rings. The molecule has 0 aromatic heterocycles. The number of aryl methyl sites for hydroxylation is 1. The molecule has 0 spiro atoms. The zero-order valence-electron chi connectivity index (χ0n) is 15.2. The monoisotopic (exact) mass is 359 g/mol. The minimum Gasteiger partial charge on any atom is -0.206 e. The minimum absolute atomic E-state index is 0.00249. The number of hydrogen-bond donors (Lipinski definition) is 0. The average molecular weight is 359 g/mol. The van der Waals surface area contributed by atoms with Gasteiger partial charge in [0.15, 0.2) is 0 Å². The molecule has 0 aliphatic rings. The predicted octanol–water partition coefficient (Wildman–Crippen LogP) is 6.12. The summed E-state index contributed by atoms with van der Waals surface area (Å²) in [6.07, 6.45) is 4.18. The Bertz CT molecular complexity index is 1080. The largest absolute Gasteiger partial charge is 0.206 e. The summed E-state index contributed by atoms with van der Waals surface area (Å²) < 4.78 is 28.7. The van der Waals surface area contributed by atoms with Crippen molar-refractivity contribution >= 4 is 10.8 Å². The zero-order valence-corrected chi connectivity index (χ0v) is 15.2. The standard InChI is InChI=1S/C24H19F2N/c1-2-3-4-6-17-9-10-19(23(25)15-17)12-11-18-7-5-8-22-21(18)14-13-20(16-27)24(22)26/h5,7-10,13-15H,2-4,6H2,1H3. The van der Waals surface area contributed by atoms with Crippen LogP contribution < -0.4 is 0 Å². The Labute approximate surface area is 158 Å². The molecule has 0 amide bonds. The van der Waals surface area contributed by atoms with E-state index in [1.807, 2.05) is 12.1 Å². The smallest absolute Gasteiger partial charge is 0.148 e. The van der Waals surface area contributed by atoms with Crippen LogP contribution in [0.25, 0.3) is 10.8 Å². The van der Waals surface area contributed by atoms with Gasteiger partial charge in [-0.05, 0) is 42.7 Å². The molecule has 134 valence electrons. The van der Waals surface area contributed by atoms with Crippen LogP contribution in [0.4, 0.5) is 8.78 Å². The van der Waals surface area contributed by atoms with E-state index in [4.69, 9.17) is 5.26 Å². The predicted molar refractivity (Wildman–Crippen MR) is 104 cm³/mol. The van der Waals surface area contributed by atoms with E-state index in [-0.39, 0.29) is 11.4 Å². The molecule has 0 saturated heterocycles. The molecule has 0 N–H and O–H groups in total. The fourth-order valence-corrected chi connectivity index (χ4v) is 3.05. The topological polar surface area (TPSA) is 23.8 Å². The second kappa shape index (κ2) is 8.47. The molecule has 0 radical (unpaired) electrons. The number of hydrogen-bond acceptors (Lipinski definition) is 1. The summed E-state index contributed by atoms with van der Waals surface area (Å²) in [6.45, 7) is 2.14. The van der Waals surface area contributed by atoms with Crippen LogP contribution >= 0.6 is 0 Å². The van der Waals surface area contributed by atoms with Gasteiger partial charge in [0.05, 0.1) is 11.1 Å². The first-order valence-electron chi connectivity index (χ1n) is 9.05. The van der Waals surface area contributed by atoms with Crippen LogP contribution in [0, 0.1) is 34.8 Å². The molecular weight excluding hydrogens is 340 g/mol. The lowest BCUT2D eigenvalue weighted by Crippen LogP contribution is -1.91. The molecule has 0 unspecified atom stereocenters. The van der Waals surface area contributed by atoms with Gasteiger partial charge in [0.25, 0.3) is 0 Å². The summed E-state index contributed by atoms with van der Waals surface area (Å²) in [5, 5.41) is 9.91.